The van der Waals surface area contributed by atoms with Gasteiger partial charge in [0.2, 0.25) is 5.91 Å². The van der Waals surface area contributed by atoms with E-state index in [4.69, 9.17) is 16.3 Å². The summed E-state index contributed by atoms with van der Waals surface area (Å²) in [5, 5.41) is 6.59. The molecule has 1 aliphatic heterocycles. The van der Waals surface area contributed by atoms with Gasteiger partial charge < -0.3 is 15.4 Å². The maximum absolute atomic E-state index is 12.0. The minimum atomic E-state index is 0. The van der Waals surface area contributed by atoms with Gasteiger partial charge in [-0.1, -0.05) is 18.5 Å². The van der Waals surface area contributed by atoms with Crippen LogP contribution in [0.15, 0.2) is 18.2 Å². The smallest absolute Gasteiger partial charge is 0.227 e. The summed E-state index contributed by atoms with van der Waals surface area (Å²) in [4.78, 5) is 12.0. The first-order valence-corrected chi connectivity index (χ1v) is 6.34. The number of carbonyl (C=O) groups excluding carboxylic acids is 1. The van der Waals surface area contributed by atoms with Crippen LogP contribution in [0.3, 0.4) is 0 Å². The number of methoxy groups -OCH3 is 1. The third kappa shape index (κ3) is 3.75. The molecule has 1 amide bonds. The van der Waals surface area contributed by atoms with E-state index in [0.717, 1.165) is 13.1 Å². The molecular weight excluding hydrogens is 287 g/mol. The van der Waals surface area contributed by atoms with Crippen molar-refractivity contribution in [2.45, 2.75) is 6.92 Å². The zero-order valence-electron chi connectivity index (χ0n) is 10.9. The highest BCUT2D eigenvalue weighted by Crippen LogP contribution is 2.28. The Morgan fingerprint density at radius 1 is 1.53 bits per heavy atom. The van der Waals surface area contributed by atoms with Crippen molar-refractivity contribution >= 4 is 35.6 Å². The van der Waals surface area contributed by atoms with E-state index in [9.17, 15) is 4.79 Å². The van der Waals surface area contributed by atoms with Gasteiger partial charge in [0.25, 0.3) is 0 Å². The summed E-state index contributed by atoms with van der Waals surface area (Å²) >= 11 is 5.93. The maximum atomic E-state index is 12.0. The number of anilines is 1. The highest BCUT2D eigenvalue weighted by molar-refractivity contribution is 6.32. The molecule has 0 saturated carbocycles. The Balaban J connectivity index is 0.00000180. The van der Waals surface area contributed by atoms with Crippen LogP contribution < -0.4 is 15.4 Å². The molecule has 0 bridgehead atoms. The van der Waals surface area contributed by atoms with Crippen molar-refractivity contribution in [1.29, 1.82) is 0 Å². The van der Waals surface area contributed by atoms with Crippen molar-refractivity contribution in [3.05, 3.63) is 23.2 Å². The van der Waals surface area contributed by atoms with Crippen molar-refractivity contribution in [2.24, 2.45) is 11.8 Å². The minimum absolute atomic E-state index is 0. The molecule has 0 radical (unpaired) electrons. The molecule has 2 N–H and O–H groups in total. The highest BCUT2D eigenvalue weighted by atomic mass is 35.5. The van der Waals surface area contributed by atoms with Crippen molar-refractivity contribution in [1.82, 2.24) is 5.32 Å². The number of ether oxygens (including phenoxy) is 1. The lowest BCUT2D eigenvalue weighted by Gasteiger charge is -2.31. The summed E-state index contributed by atoms with van der Waals surface area (Å²) in [5.41, 5.74) is 0.709. The van der Waals surface area contributed by atoms with Gasteiger partial charge in [0.1, 0.15) is 5.75 Å². The van der Waals surface area contributed by atoms with Gasteiger partial charge in [0, 0.05) is 17.7 Å². The minimum Gasteiger partial charge on any atom is -0.495 e. The summed E-state index contributed by atoms with van der Waals surface area (Å²) in [6.07, 6.45) is 0. The van der Waals surface area contributed by atoms with Crippen molar-refractivity contribution in [2.75, 3.05) is 25.5 Å². The molecule has 0 aliphatic carbocycles. The molecule has 106 valence electrons. The second-order valence-electron chi connectivity index (χ2n) is 4.55. The number of benzene rings is 1. The largest absolute Gasteiger partial charge is 0.495 e. The molecule has 19 heavy (non-hydrogen) atoms. The summed E-state index contributed by atoms with van der Waals surface area (Å²) < 4.78 is 5.11. The van der Waals surface area contributed by atoms with Crippen LogP contribution in [0.25, 0.3) is 0 Å². The summed E-state index contributed by atoms with van der Waals surface area (Å²) in [6.45, 7) is 3.78. The number of nitrogens with one attached hydrogen (secondary N) is 2. The van der Waals surface area contributed by atoms with Crippen LogP contribution in [0.4, 0.5) is 5.69 Å². The van der Waals surface area contributed by atoms with E-state index in [2.05, 4.69) is 10.6 Å². The Kier molecular flexibility index (Phi) is 5.91. The van der Waals surface area contributed by atoms with Crippen LogP contribution in [-0.4, -0.2) is 26.1 Å². The number of halogens is 2. The van der Waals surface area contributed by atoms with E-state index in [0.29, 0.717) is 22.4 Å². The molecule has 4 nitrogen and oxygen atoms in total. The van der Waals surface area contributed by atoms with Gasteiger partial charge in [0.05, 0.1) is 12.1 Å². The molecule has 1 atom stereocenters. The number of hydrogen-bond acceptors (Lipinski definition) is 3. The van der Waals surface area contributed by atoms with Crippen molar-refractivity contribution in [3.63, 3.8) is 0 Å². The Morgan fingerprint density at radius 3 is 2.74 bits per heavy atom. The first-order chi connectivity index (χ1) is 8.61. The molecule has 0 spiro atoms. The Bertz CT molecular complexity index is 450. The lowest BCUT2D eigenvalue weighted by molar-refractivity contribution is -0.121. The fourth-order valence-corrected chi connectivity index (χ4v) is 2.07. The summed E-state index contributed by atoms with van der Waals surface area (Å²) in [5.74, 6) is 1.03. The maximum Gasteiger partial charge on any atom is 0.227 e. The average Bonchev–Trinajstić information content (AvgIpc) is 2.29. The Labute approximate surface area is 124 Å². The highest BCUT2D eigenvalue weighted by Gasteiger charge is 2.28. The van der Waals surface area contributed by atoms with E-state index in [1.165, 1.54) is 0 Å². The lowest BCUT2D eigenvalue weighted by Crippen LogP contribution is -2.48. The molecule has 0 aromatic heterocycles. The monoisotopic (exact) mass is 304 g/mol. The van der Waals surface area contributed by atoms with E-state index in [1.54, 1.807) is 25.3 Å². The fourth-order valence-electron chi connectivity index (χ4n) is 1.87. The Hall–Kier alpha value is -0.970. The van der Waals surface area contributed by atoms with Crippen LogP contribution in [0.2, 0.25) is 5.02 Å². The van der Waals surface area contributed by atoms with E-state index < -0.39 is 0 Å². The van der Waals surface area contributed by atoms with Gasteiger partial charge in [-0.25, -0.2) is 0 Å². The third-order valence-electron chi connectivity index (χ3n) is 3.35. The molecule has 6 heteroatoms. The van der Waals surface area contributed by atoms with Gasteiger partial charge in [-0.15, -0.1) is 12.4 Å². The van der Waals surface area contributed by atoms with E-state index >= 15 is 0 Å². The van der Waals surface area contributed by atoms with Gasteiger partial charge in [-0.05, 0) is 31.1 Å². The molecule has 1 aliphatic rings. The SMILES string of the molecule is COc1cc(NC(=O)C(C)C2CNC2)ccc1Cl.Cl. The predicted molar refractivity (Wildman–Crippen MR) is 79.4 cm³/mol. The molecule has 1 unspecified atom stereocenters. The first-order valence-electron chi connectivity index (χ1n) is 5.97. The molecule has 2 rings (SSSR count). The quantitative estimate of drug-likeness (QED) is 0.899. The normalized spacial score (nSPS) is 15.9. The van der Waals surface area contributed by atoms with Gasteiger partial charge in [0.15, 0.2) is 0 Å². The van der Waals surface area contributed by atoms with Crippen molar-refractivity contribution in [3.8, 4) is 5.75 Å². The van der Waals surface area contributed by atoms with Gasteiger partial charge in [-0.2, -0.15) is 0 Å². The molecule has 1 heterocycles. The van der Waals surface area contributed by atoms with Gasteiger partial charge >= 0.3 is 0 Å². The van der Waals surface area contributed by atoms with E-state index in [-0.39, 0.29) is 24.2 Å². The number of amides is 1. The number of rotatable bonds is 4. The average molecular weight is 305 g/mol. The molecule has 1 aromatic carbocycles. The van der Waals surface area contributed by atoms with Gasteiger partial charge in [-0.3, -0.25) is 4.79 Å². The lowest BCUT2D eigenvalue weighted by atomic mass is 9.88. The number of carbonyl (C=O) groups is 1. The third-order valence-corrected chi connectivity index (χ3v) is 3.66. The zero-order valence-corrected chi connectivity index (χ0v) is 12.5. The zero-order chi connectivity index (χ0) is 13.1. The second kappa shape index (κ2) is 6.98. The number of hydrogen-bond donors (Lipinski definition) is 2. The van der Waals surface area contributed by atoms with Crippen LogP contribution in [0.1, 0.15) is 6.92 Å². The first kappa shape index (κ1) is 16.1. The van der Waals surface area contributed by atoms with Crippen LogP contribution >= 0.6 is 24.0 Å². The molecular formula is C13H18Cl2N2O2. The fraction of sp³-hybridized carbons (Fsp3) is 0.462. The van der Waals surface area contributed by atoms with Crippen molar-refractivity contribution < 1.29 is 9.53 Å². The molecule has 1 fully saturated rings. The second-order valence-corrected chi connectivity index (χ2v) is 4.95. The standard InChI is InChI=1S/C13H17ClN2O2.ClH/c1-8(9-6-15-7-9)13(17)16-10-3-4-11(14)12(5-10)18-2;/h3-5,8-9,15H,6-7H2,1-2H3,(H,16,17);1H. The summed E-state index contributed by atoms with van der Waals surface area (Å²) in [7, 11) is 1.55. The summed E-state index contributed by atoms with van der Waals surface area (Å²) in [6, 6.07) is 5.21. The topological polar surface area (TPSA) is 50.4 Å². The molecule has 1 saturated heterocycles. The predicted octanol–water partition coefficient (Wildman–Crippen LogP) is 2.56. The van der Waals surface area contributed by atoms with Crippen LogP contribution in [-0.2, 0) is 4.79 Å². The Morgan fingerprint density at radius 2 is 2.21 bits per heavy atom. The van der Waals surface area contributed by atoms with Crippen LogP contribution in [0.5, 0.6) is 5.75 Å². The molecule has 1 aromatic rings. The van der Waals surface area contributed by atoms with E-state index in [1.807, 2.05) is 6.92 Å². The van der Waals surface area contributed by atoms with Crippen LogP contribution in [0, 0.1) is 11.8 Å².